The first-order valence-electron chi connectivity index (χ1n) is 8.83. The molecule has 1 aliphatic rings. The monoisotopic (exact) mass is 392 g/mol. The fourth-order valence-corrected chi connectivity index (χ4v) is 3.75. The third-order valence-corrected chi connectivity index (χ3v) is 5.69. The van der Waals surface area contributed by atoms with Crippen LogP contribution in [0.4, 0.5) is 0 Å². The number of amides is 1. The Morgan fingerprint density at radius 1 is 1.26 bits per heavy atom. The number of ether oxygens (including phenoxy) is 1. The van der Waals surface area contributed by atoms with Crippen LogP contribution in [0.15, 0.2) is 34.7 Å². The van der Waals surface area contributed by atoms with Crippen LogP contribution in [-0.2, 0) is 34.3 Å². The summed E-state index contributed by atoms with van der Waals surface area (Å²) in [5.74, 6) is 2.18. The highest BCUT2D eigenvalue weighted by Gasteiger charge is 2.22. The molecule has 0 unspecified atom stereocenters. The normalized spacial score (nSPS) is 14.9. The van der Waals surface area contributed by atoms with Gasteiger partial charge in [0.1, 0.15) is 23.9 Å². The molecule has 3 rings (SSSR count). The van der Waals surface area contributed by atoms with Gasteiger partial charge in [-0.3, -0.25) is 4.79 Å². The van der Waals surface area contributed by atoms with Crippen molar-refractivity contribution >= 4 is 15.9 Å². The number of rotatable bonds is 6. The van der Waals surface area contributed by atoms with Crippen molar-refractivity contribution in [3.63, 3.8) is 0 Å². The molecule has 27 heavy (non-hydrogen) atoms. The maximum absolute atomic E-state index is 12.1. The van der Waals surface area contributed by atoms with Crippen LogP contribution in [-0.4, -0.2) is 38.0 Å². The van der Waals surface area contributed by atoms with Gasteiger partial charge in [-0.05, 0) is 37.1 Å². The van der Waals surface area contributed by atoms with Gasteiger partial charge >= 0.3 is 0 Å². The number of carbonyl (C=O) groups is 1. The molecule has 8 heteroatoms. The minimum Gasteiger partial charge on any atom is -0.492 e. The number of aryl methyl sites for hydroxylation is 2. The lowest BCUT2D eigenvalue weighted by Crippen LogP contribution is -2.31. The molecule has 1 aromatic heterocycles. The summed E-state index contributed by atoms with van der Waals surface area (Å²) in [7, 11) is -3.28. The van der Waals surface area contributed by atoms with Gasteiger partial charge in [-0.2, -0.15) is 4.31 Å². The Morgan fingerprint density at radius 2 is 2.07 bits per heavy atom. The molecule has 146 valence electrons. The average molecular weight is 392 g/mol. The topological polar surface area (TPSA) is 88.9 Å². The Hall–Kier alpha value is -2.32. The van der Waals surface area contributed by atoms with Gasteiger partial charge in [-0.1, -0.05) is 12.1 Å². The van der Waals surface area contributed by atoms with Gasteiger partial charge in [0.05, 0.1) is 12.8 Å². The predicted molar refractivity (Wildman–Crippen MR) is 101 cm³/mol. The summed E-state index contributed by atoms with van der Waals surface area (Å²) < 4.78 is 36.2. The highest BCUT2D eigenvalue weighted by Crippen LogP contribution is 2.26. The van der Waals surface area contributed by atoms with E-state index in [9.17, 15) is 13.2 Å². The molecule has 0 spiro atoms. The number of benzene rings is 1. The van der Waals surface area contributed by atoms with Gasteiger partial charge in [0, 0.05) is 25.1 Å². The van der Waals surface area contributed by atoms with E-state index in [1.165, 1.54) is 10.6 Å². The van der Waals surface area contributed by atoms with Gasteiger partial charge in [-0.15, -0.1) is 0 Å². The predicted octanol–water partition coefficient (Wildman–Crippen LogP) is 1.99. The standard InChI is InChI=1S/C19H24N2O5S/c1-14-3-6-17(26-14)12-20-19(22)8-5-15-4-7-18-16(11-15)13-21(9-10-25-18)27(2,23)24/h3-4,6-7,11H,5,8-10,12-13H2,1-2H3,(H,20,22). The first kappa shape index (κ1) is 19.4. The zero-order valence-corrected chi connectivity index (χ0v) is 16.3. The van der Waals surface area contributed by atoms with Crippen LogP contribution in [0.3, 0.4) is 0 Å². The SMILES string of the molecule is Cc1ccc(CNC(=O)CCc2ccc3c(c2)CN(S(C)(=O)=O)CCO3)o1. The molecule has 0 fully saturated rings. The van der Waals surface area contributed by atoms with Crippen LogP contribution < -0.4 is 10.1 Å². The maximum atomic E-state index is 12.1. The molecule has 0 radical (unpaired) electrons. The first-order valence-corrected chi connectivity index (χ1v) is 10.7. The van der Waals surface area contributed by atoms with E-state index in [1.54, 1.807) is 0 Å². The van der Waals surface area contributed by atoms with Crippen LogP contribution in [0, 0.1) is 6.92 Å². The number of furan rings is 1. The van der Waals surface area contributed by atoms with Gasteiger partial charge < -0.3 is 14.5 Å². The lowest BCUT2D eigenvalue weighted by atomic mass is 10.1. The Morgan fingerprint density at radius 3 is 2.78 bits per heavy atom. The van der Waals surface area contributed by atoms with E-state index in [4.69, 9.17) is 9.15 Å². The van der Waals surface area contributed by atoms with E-state index < -0.39 is 10.0 Å². The second kappa shape index (κ2) is 8.14. The highest BCUT2D eigenvalue weighted by atomic mass is 32.2. The van der Waals surface area contributed by atoms with Crippen LogP contribution in [0.2, 0.25) is 0 Å². The summed E-state index contributed by atoms with van der Waals surface area (Å²) in [5.41, 5.74) is 1.79. The largest absolute Gasteiger partial charge is 0.492 e. The summed E-state index contributed by atoms with van der Waals surface area (Å²) in [5, 5.41) is 2.84. The fraction of sp³-hybridized carbons (Fsp3) is 0.421. The van der Waals surface area contributed by atoms with E-state index >= 15 is 0 Å². The maximum Gasteiger partial charge on any atom is 0.220 e. The number of hydrogen-bond acceptors (Lipinski definition) is 5. The molecule has 1 amide bonds. The lowest BCUT2D eigenvalue weighted by molar-refractivity contribution is -0.121. The zero-order chi connectivity index (χ0) is 19.4. The van der Waals surface area contributed by atoms with Crippen molar-refractivity contribution in [3.05, 3.63) is 53.0 Å². The third kappa shape index (κ3) is 5.33. The smallest absolute Gasteiger partial charge is 0.220 e. The van der Waals surface area contributed by atoms with Gasteiger partial charge in [0.25, 0.3) is 0 Å². The summed E-state index contributed by atoms with van der Waals surface area (Å²) in [6.45, 7) is 3.17. The summed E-state index contributed by atoms with van der Waals surface area (Å²) >= 11 is 0. The minimum atomic E-state index is -3.28. The number of nitrogens with one attached hydrogen (secondary N) is 1. The number of carbonyl (C=O) groups excluding carboxylic acids is 1. The van der Waals surface area contributed by atoms with Crippen molar-refractivity contribution in [2.45, 2.75) is 32.9 Å². The Labute approximate surface area is 159 Å². The van der Waals surface area contributed by atoms with E-state index in [2.05, 4.69) is 5.32 Å². The molecule has 1 aliphatic heterocycles. The molecule has 2 aromatic rings. The van der Waals surface area contributed by atoms with Gasteiger partial charge in [-0.25, -0.2) is 8.42 Å². The highest BCUT2D eigenvalue weighted by molar-refractivity contribution is 7.88. The fourth-order valence-electron chi connectivity index (χ4n) is 2.97. The Balaban J connectivity index is 1.58. The Kier molecular flexibility index (Phi) is 5.86. The van der Waals surface area contributed by atoms with Crippen molar-refractivity contribution in [3.8, 4) is 5.75 Å². The molecule has 1 aromatic carbocycles. The number of hydrogen-bond donors (Lipinski definition) is 1. The molecule has 0 aliphatic carbocycles. The van der Waals surface area contributed by atoms with Crippen molar-refractivity contribution in [2.24, 2.45) is 0 Å². The summed E-state index contributed by atoms with van der Waals surface area (Å²) in [6, 6.07) is 9.38. The Bertz CT molecular complexity index is 920. The quantitative estimate of drug-likeness (QED) is 0.812. The molecule has 2 heterocycles. The number of fused-ring (bicyclic) bond motifs is 1. The van der Waals surface area contributed by atoms with Gasteiger partial charge in [0.2, 0.25) is 15.9 Å². The third-order valence-electron chi connectivity index (χ3n) is 4.44. The first-order chi connectivity index (χ1) is 12.8. The molecule has 0 bridgehead atoms. The van der Waals surface area contributed by atoms with Crippen LogP contribution in [0.25, 0.3) is 0 Å². The van der Waals surface area contributed by atoms with Crippen LogP contribution >= 0.6 is 0 Å². The number of sulfonamides is 1. The molecular formula is C19H24N2O5S. The minimum absolute atomic E-state index is 0.0620. The molecule has 0 saturated heterocycles. The van der Waals surface area contributed by atoms with E-state index in [0.29, 0.717) is 38.3 Å². The average Bonchev–Trinajstić information content (AvgIpc) is 2.90. The lowest BCUT2D eigenvalue weighted by Gasteiger charge is -2.16. The number of nitrogens with zero attached hydrogens (tertiary/aromatic N) is 1. The van der Waals surface area contributed by atoms with Crippen molar-refractivity contribution in [2.75, 3.05) is 19.4 Å². The van der Waals surface area contributed by atoms with Gasteiger partial charge in [0.15, 0.2) is 0 Å². The molecule has 0 atom stereocenters. The van der Waals surface area contributed by atoms with Crippen LogP contribution in [0.5, 0.6) is 5.75 Å². The second-order valence-electron chi connectivity index (χ2n) is 6.68. The van der Waals surface area contributed by atoms with Crippen molar-refractivity contribution < 1.29 is 22.4 Å². The van der Waals surface area contributed by atoms with E-state index in [1.807, 2.05) is 37.3 Å². The van der Waals surface area contributed by atoms with Crippen molar-refractivity contribution in [1.29, 1.82) is 0 Å². The summed E-state index contributed by atoms with van der Waals surface area (Å²) in [6.07, 6.45) is 2.11. The van der Waals surface area contributed by atoms with Crippen LogP contribution in [0.1, 0.15) is 29.1 Å². The van der Waals surface area contributed by atoms with E-state index in [0.717, 1.165) is 22.6 Å². The molecule has 1 N–H and O–H groups in total. The molecule has 7 nitrogen and oxygen atoms in total. The molecular weight excluding hydrogens is 368 g/mol. The van der Waals surface area contributed by atoms with E-state index in [-0.39, 0.29) is 12.5 Å². The summed E-state index contributed by atoms with van der Waals surface area (Å²) in [4.78, 5) is 12.1. The second-order valence-corrected chi connectivity index (χ2v) is 8.66. The van der Waals surface area contributed by atoms with Crippen molar-refractivity contribution in [1.82, 2.24) is 9.62 Å². The molecule has 0 saturated carbocycles. The zero-order valence-electron chi connectivity index (χ0n) is 15.5.